The maximum Gasteiger partial charge on any atom is 0.315 e. The van der Waals surface area contributed by atoms with Crippen LogP contribution in [0.15, 0.2) is 22.7 Å². The van der Waals surface area contributed by atoms with Gasteiger partial charge in [-0.25, -0.2) is 4.98 Å². The molecule has 2 aromatic heterocycles. The quantitative estimate of drug-likeness (QED) is 0.806. The van der Waals surface area contributed by atoms with Crippen LogP contribution in [-0.2, 0) is 13.0 Å². The van der Waals surface area contributed by atoms with E-state index in [0.717, 1.165) is 5.56 Å². The normalized spacial score (nSPS) is 10.3. The zero-order valence-electron chi connectivity index (χ0n) is 9.89. The van der Waals surface area contributed by atoms with Gasteiger partial charge in [0.15, 0.2) is 0 Å². The molecule has 96 valence electrons. The van der Waals surface area contributed by atoms with Crippen molar-refractivity contribution in [3.8, 4) is 5.88 Å². The Hall–Kier alpha value is -1.82. The fourth-order valence-electron chi connectivity index (χ4n) is 1.36. The van der Waals surface area contributed by atoms with Crippen LogP contribution < -0.4 is 10.1 Å². The van der Waals surface area contributed by atoms with Crippen molar-refractivity contribution in [2.24, 2.45) is 0 Å². The first-order valence-corrected chi connectivity index (χ1v) is 5.96. The van der Waals surface area contributed by atoms with Crippen molar-refractivity contribution in [3.63, 3.8) is 0 Å². The second kappa shape index (κ2) is 6.20. The van der Waals surface area contributed by atoms with E-state index in [1.165, 1.54) is 0 Å². The second-order valence-electron chi connectivity index (χ2n) is 3.50. The van der Waals surface area contributed by atoms with E-state index in [9.17, 15) is 0 Å². The lowest BCUT2D eigenvalue weighted by Gasteiger charge is -2.03. The lowest BCUT2D eigenvalue weighted by molar-refractivity contribution is 0.397. The Kier molecular flexibility index (Phi) is 4.35. The number of halogens is 1. The molecule has 7 heteroatoms. The van der Waals surface area contributed by atoms with Crippen molar-refractivity contribution in [3.05, 3.63) is 29.8 Å². The van der Waals surface area contributed by atoms with Gasteiger partial charge in [0.05, 0.1) is 7.11 Å². The van der Waals surface area contributed by atoms with Gasteiger partial charge in [0.1, 0.15) is 0 Å². The lowest BCUT2D eigenvalue weighted by Crippen LogP contribution is -2.00. The summed E-state index contributed by atoms with van der Waals surface area (Å²) in [6.45, 7) is 0.557. The van der Waals surface area contributed by atoms with E-state index in [1.54, 1.807) is 13.3 Å². The van der Waals surface area contributed by atoms with Gasteiger partial charge in [-0.05, 0) is 11.6 Å². The third kappa shape index (κ3) is 3.33. The highest BCUT2D eigenvalue weighted by Crippen LogP contribution is 2.11. The maximum absolute atomic E-state index is 5.58. The number of pyridine rings is 1. The Morgan fingerprint density at radius 2 is 2.33 bits per heavy atom. The number of nitrogens with one attached hydrogen (secondary N) is 1. The number of alkyl halides is 1. The van der Waals surface area contributed by atoms with Gasteiger partial charge in [0.2, 0.25) is 11.8 Å². The van der Waals surface area contributed by atoms with Crippen molar-refractivity contribution >= 4 is 17.6 Å². The molecule has 2 heterocycles. The SMILES string of the molecule is COc1cc(CNc2nnc(CCCl)o2)ccn1. The first-order valence-electron chi connectivity index (χ1n) is 5.43. The largest absolute Gasteiger partial charge is 0.481 e. The standard InChI is InChI=1S/C11H13ClN4O2/c1-17-10-6-8(3-5-13-10)7-14-11-16-15-9(18-11)2-4-12/h3,5-6H,2,4,7H2,1H3,(H,14,16). The Morgan fingerprint density at radius 3 is 3.11 bits per heavy atom. The van der Waals surface area contributed by atoms with E-state index >= 15 is 0 Å². The molecule has 0 aliphatic heterocycles. The number of rotatable bonds is 6. The maximum atomic E-state index is 5.58. The summed E-state index contributed by atoms with van der Waals surface area (Å²) in [5.41, 5.74) is 1.01. The molecule has 0 aliphatic carbocycles. The number of hydrogen-bond acceptors (Lipinski definition) is 6. The lowest BCUT2D eigenvalue weighted by atomic mass is 10.2. The van der Waals surface area contributed by atoms with Crippen LogP contribution in [0.5, 0.6) is 5.88 Å². The van der Waals surface area contributed by atoms with Gasteiger partial charge < -0.3 is 14.5 Å². The fourth-order valence-corrected chi connectivity index (χ4v) is 1.52. The Balaban J connectivity index is 1.93. The molecule has 0 spiro atoms. The first kappa shape index (κ1) is 12.6. The topological polar surface area (TPSA) is 73.1 Å². The molecular formula is C11H13ClN4O2. The molecule has 2 aromatic rings. The third-order valence-electron chi connectivity index (χ3n) is 2.23. The van der Waals surface area contributed by atoms with Crippen LogP contribution in [-0.4, -0.2) is 28.2 Å². The predicted molar refractivity (Wildman–Crippen MR) is 66.8 cm³/mol. The van der Waals surface area contributed by atoms with Gasteiger partial charge in [-0.2, -0.15) is 0 Å². The highest BCUT2D eigenvalue weighted by molar-refractivity contribution is 6.17. The van der Waals surface area contributed by atoms with Crippen molar-refractivity contribution in [2.75, 3.05) is 18.3 Å². The first-order chi connectivity index (χ1) is 8.81. The highest BCUT2D eigenvalue weighted by Gasteiger charge is 2.05. The molecule has 0 fully saturated rings. The van der Waals surface area contributed by atoms with E-state index in [0.29, 0.717) is 36.6 Å². The number of ether oxygens (including phenoxy) is 1. The predicted octanol–water partition coefficient (Wildman–Crippen LogP) is 1.87. The molecule has 0 radical (unpaired) electrons. The van der Waals surface area contributed by atoms with Crippen LogP contribution in [0.2, 0.25) is 0 Å². The minimum atomic E-state index is 0.380. The van der Waals surface area contributed by atoms with E-state index < -0.39 is 0 Å². The molecule has 6 nitrogen and oxygen atoms in total. The summed E-state index contributed by atoms with van der Waals surface area (Å²) in [5, 5.41) is 10.7. The fraction of sp³-hybridized carbons (Fsp3) is 0.364. The number of nitrogens with zero attached hydrogens (tertiary/aromatic N) is 3. The van der Waals surface area contributed by atoms with Crippen LogP contribution in [0.4, 0.5) is 6.01 Å². The molecule has 0 bridgehead atoms. The monoisotopic (exact) mass is 268 g/mol. The summed E-state index contributed by atoms with van der Waals surface area (Å²) in [6, 6.07) is 4.10. The molecule has 0 saturated heterocycles. The molecule has 0 aromatic carbocycles. The molecular weight excluding hydrogens is 256 g/mol. The van der Waals surface area contributed by atoms with Crippen molar-refractivity contribution in [2.45, 2.75) is 13.0 Å². The average Bonchev–Trinajstić information content (AvgIpc) is 2.85. The van der Waals surface area contributed by atoms with Gasteiger partial charge in [-0.1, -0.05) is 5.10 Å². The minimum Gasteiger partial charge on any atom is -0.481 e. The smallest absolute Gasteiger partial charge is 0.315 e. The van der Waals surface area contributed by atoms with Gasteiger partial charge in [0.25, 0.3) is 0 Å². The molecule has 1 N–H and O–H groups in total. The number of aromatic nitrogens is 3. The highest BCUT2D eigenvalue weighted by atomic mass is 35.5. The number of hydrogen-bond donors (Lipinski definition) is 1. The zero-order valence-corrected chi connectivity index (χ0v) is 10.6. The van der Waals surface area contributed by atoms with Gasteiger partial charge in [0, 0.05) is 31.1 Å². The van der Waals surface area contributed by atoms with Gasteiger partial charge in [-0.15, -0.1) is 16.7 Å². The molecule has 0 unspecified atom stereocenters. The van der Waals surface area contributed by atoms with Gasteiger partial charge >= 0.3 is 6.01 Å². The van der Waals surface area contributed by atoms with Crippen molar-refractivity contribution in [1.29, 1.82) is 0 Å². The molecule has 18 heavy (non-hydrogen) atoms. The van der Waals surface area contributed by atoms with Crippen molar-refractivity contribution < 1.29 is 9.15 Å². The third-order valence-corrected chi connectivity index (χ3v) is 2.42. The summed E-state index contributed by atoms with van der Waals surface area (Å²) < 4.78 is 10.4. The molecule has 2 rings (SSSR count). The number of aryl methyl sites for hydroxylation is 1. The van der Waals surface area contributed by atoms with Crippen LogP contribution in [0.3, 0.4) is 0 Å². The Morgan fingerprint density at radius 1 is 1.44 bits per heavy atom. The summed E-state index contributed by atoms with van der Waals surface area (Å²) >= 11 is 5.58. The van der Waals surface area contributed by atoms with Crippen LogP contribution in [0.25, 0.3) is 0 Å². The molecule has 0 aliphatic rings. The van der Waals surface area contributed by atoms with Crippen LogP contribution in [0, 0.1) is 0 Å². The Labute approximate surface area is 109 Å². The summed E-state index contributed by atoms with van der Waals surface area (Å²) in [7, 11) is 1.58. The van der Waals surface area contributed by atoms with Crippen LogP contribution in [0.1, 0.15) is 11.5 Å². The molecule has 0 atom stereocenters. The Bertz CT molecular complexity index is 503. The summed E-state index contributed by atoms with van der Waals surface area (Å²) in [5.74, 6) is 1.56. The number of methoxy groups -OCH3 is 1. The summed E-state index contributed by atoms with van der Waals surface area (Å²) in [6.07, 6.45) is 2.25. The van der Waals surface area contributed by atoms with Gasteiger partial charge in [-0.3, -0.25) is 0 Å². The summed E-state index contributed by atoms with van der Waals surface area (Å²) in [4.78, 5) is 4.03. The minimum absolute atomic E-state index is 0.380. The molecule has 0 saturated carbocycles. The van der Waals surface area contributed by atoms with E-state index in [-0.39, 0.29) is 0 Å². The van der Waals surface area contributed by atoms with E-state index in [2.05, 4.69) is 20.5 Å². The van der Waals surface area contributed by atoms with Crippen molar-refractivity contribution in [1.82, 2.24) is 15.2 Å². The van der Waals surface area contributed by atoms with Crippen LogP contribution >= 0.6 is 11.6 Å². The average molecular weight is 269 g/mol. The van der Waals surface area contributed by atoms with E-state index in [1.807, 2.05) is 12.1 Å². The molecule has 0 amide bonds. The second-order valence-corrected chi connectivity index (χ2v) is 3.88. The zero-order chi connectivity index (χ0) is 12.8. The number of anilines is 1. The van der Waals surface area contributed by atoms with E-state index in [4.69, 9.17) is 20.8 Å².